The molecule has 0 saturated heterocycles. The van der Waals surface area contributed by atoms with Crippen molar-refractivity contribution in [3.05, 3.63) is 70.8 Å². The third-order valence-corrected chi connectivity index (χ3v) is 4.34. The zero-order valence-corrected chi connectivity index (χ0v) is 14.0. The Balaban J connectivity index is 1.69. The Hall–Kier alpha value is -2.64. The molecule has 3 rings (SSSR count). The van der Waals surface area contributed by atoms with Gasteiger partial charge in [0.15, 0.2) is 22.5 Å². The number of allylic oxidation sites excluding steroid dienone is 1. The number of benzene rings is 2. The van der Waals surface area contributed by atoms with Gasteiger partial charge in [0.2, 0.25) is 5.91 Å². The first-order chi connectivity index (χ1) is 11.9. The minimum absolute atomic E-state index is 0.0578. The van der Waals surface area contributed by atoms with Crippen molar-refractivity contribution < 1.29 is 18.4 Å². The highest BCUT2D eigenvalue weighted by Crippen LogP contribution is 2.28. The van der Waals surface area contributed by atoms with Crippen LogP contribution in [0.3, 0.4) is 0 Å². The van der Waals surface area contributed by atoms with Gasteiger partial charge in [-0.15, -0.1) is 0 Å². The molecule has 0 fully saturated rings. The molecule has 0 saturated carbocycles. The Bertz CT molecular complexity index is 1020. The molecule has 0 atom stereocenters. The number of nitrogens with one attached hydrogen (secondary N) is 1. The van der Waals surface area contributed by atoms with Crippen molar-refractivity contribution in [3.8, 4) is 0 Å². The number of carbonyl (C=O) groups is 2. The second-order valence-electron chi connectivity index (χ2n) is 4.95. The minimum atomic E-state index is -1.13. The average Bonchev–Trinajstić information content (AvgIpc) is 2.96. The lowest BCUT2D eigenvalue weighted by molar-refractivity contribution is -0.111. The molecular weight excluding hydrogens is 370 g/mol. The fourth-order valence-electron chi connectivity index (χ4n) is 2.00. The smallest absolute Gasteiger partial charge is 0.250 e. The van der Waals surface area contributed by atoms with E-state index in [0.717, 1.165) is 35.1 Å². The number of aromatic nitrogens is 1. The van der Waals surface area contributed by atoms with Crippen LogP contribution < -0.4 is 5.32 Å². The molecule has 3 aromatic rings. The van der Waals surface area contributed by atoms with E-state index in [-0.39, 0.29) is 5.56 Å². The number of halogens is 3. The molecule has 0 spiro atoms. The van der Waals surface area contributed by atoms with Crippen LogP contribution in [0.25, 0.3) is 10.2 Å². The van der Waals surface area contributed by atoms with E-state index in [1.165, 1.54) is 11.3 Å². The third kappa shape index (κ3) is 4.07. The summed E-state index contributed by atoms with van der Waals surface area (Å²) in [7, 11) is 0. The summed E-state index contributed by atoms with van der Waals surface area (Å²) in [6.45, 7) is 0. The van der Waals surface area contributed by atoms with Crippen molar-refractivity contribution in [1.29, 1.82) is 0 Å². The molecule has 0 aliphatic carbocycles. The van der Waals surface area contributed by atoms with Gasteiger partial charge in [-0.2, -0.15) is 0 Å². The van der Waals surface area contributed by atoms with Gasteiger partial charge in [-0.3, -0.25) is 14.9 Å². The zero-order valence-electron chi connectivity index (χ0n) is 12.4. The first-order valence-corrected chi connectivity index (χ1v) is 8.16. The predicted molar refractivity (Wildman–Crippen MR) is 93.1 cm³/mol. The highest BCUT2D eigenvalue weighted by Gasteiger charge is 2.09. The van der Waals surface area contributed by atoms with Crippen LogP contribution in [0.2, 0.25) is 5.02 Å². The number of carbonyl (C=O) groups excluding carboxylic acids is 2. The third-order valence-electron chi connectivity index (χ3n) is 3.17. The van der Waals surface area contributed by atoms with E-state index in [1.807, 2.05) is 0 Å². The Labute approximate surface area is 149 Å². The van der Waals surface area contributed by atoms with Crippen molar-refractivity contribution in [2.24, 2.45) is 0 Å². The molecule has 0 unspecified atom stereocenters. The molecule has 1 N–H and O–H groups in total. The SMILES string of the molecule is O=C(/C=C/C(=O)c1ccc(F)c(F)c1)Nc1nc2ccc(Cl)cc2s1. The number of amides is 1. The molecule has 0 bridgehead atoms. The number of fused-ring (bicyclic) bond motifs is 1. The first-order valence-electron chi connectivity index (χ1n) is 6.97. The van der Waals surface area contributed by atoms with E-state index >= 15 is 0 Å². The summed E-state index contributed by atoms with van der Waals surface area (Å²) in [5.41, 5.74) is 0.629. The van der Waals surface area contributed by atoms with Gasteiger partial charge < -0.3 is 0 Å². The van der Waals surface area contributed by atoms with Gasteiger partial charge in [-0.25, -0.2) is 13.8 Å². The molecule has 0 aliphatic rings. The van der Waals surface area contributed by atoms with Crippen LogP contribution >= 0.6 is 22.9 Å². The summed E-state index contributed by atoms with van der Waals surface area (Å²) >= 11 is 7.13. The monoisotopic (exact) mass is 378 g/mol. The Morgan fingerprint density at radius 3 is 2.64 bits per heavy atom. The number of rotatable bonds is 4. The second kappa shape index (κ2) is 7.08. The van der Waals surface area contributed by atoms with Crippen LogP contribution in [0, 0.1) is 11.6 Å². The van der Waals surface area contributed by atoms with Gasteiger partial charge in [0.25, 0.3) is 0 Å². The molecule has 0 radical (unpaired) electrons. The van der Waals surface area contributed by atoms with E-state index in [9.17, 15) is 18.4 Å². The molecule has 8 heteroatoms. The number of nitrogens with zero attached hydrogens (tertiary/aromatic N) is 1. The minimum Gasteiger partial charge on any atom is -0.298 e. The van der Waals surface area contributed by atoms with Crippen molar-refractivity contribution >= 4 is 50.0 Å². The molecule has 25 heavy (non-hydrogen) atoms. The lowest BCUT2D eigenvalue weighted by Gasteiger charge is -1.98. The van der Waals surface area contributed by atoms with Crippen molar-refractivity contribution in [2.45, 2.75) is 0 Å². The second-order valence-corrected chi connectivity index (χ2v) is 6.41. The molecule has 2 aromatic carbocycles. The fraction of sp³-hybridized carbons (Fsp3) is 0. The largest absolute Gasteiger partial charge is 0.298 e. The average molecular weight is 379 g/mol. The maximum Gasteiger partial charge on any atom is 0.250 e. The van der Waals surface area contributed by atoms with Gasteiger partial charge in [0, 0.05) is 16.7 Å². The quantitative estimate of drug-likeness (QED) is 0.533. The van der Waals surface area contributed by atoms with Crippen molar-refractivity contribution in [2.75, 3.05) is 5.32 Å². The van der Waals surface area contributed by atoms with Gasteiger partial charge in [-0.1, -0.05) is 22.9 Å². The van der Waals surface area contributed by atoms with E-state index in [2.05, 4.69) is 10.3 Å². The maximum absolute atomic E-state index is 13.1. The summed E-state index contributed by atoms with van der Waals surface area (Å²) in [5, 5.41) is 3.45. The van der Waals surface area contributed by atoms with Crippen LogP contribution in [0.5, 0.6) is 0 Å². The molecule has 1 heterocycles. The summed E-state index contributed by atoms with van der Waals surface area (Å²) in [6, 6.07) is 7.91. The normalized spacial score (nSPS) is 11.2. The number of ketones is 1. The summed E-state index contributed by atoms with van der Waals surface area (Å²) < 4.78 is 26.8. The molecular formula is C17H9ClF2N2O2S. The standard InChI is InChI=1S/C17H9ClF2N2O2S/c18-10-2-4-13-15(8-10)25-17(21-13)22-16(24)6-5-14(23)9-1-3-11(19)12(20)7-9/h1-8H,(H,21,22,24)/b6-5+. The summed E-state index contributed by atoms with van der Waals surface area (Å²) in [6.07, 6.45) is 1.98. The number of anilines is 1. The van der Waals surface area contributed by atoms with Gasteiger partial charge in [0.05, 0.1) is 10.2 Å². The maximum atomic E-state index is 13.1. The highest BCUT2D eigenvalue weighted by atomic mass is 35.5. The van der Waals surface area contributed by atoms with Crippen LogP contribution in [-0.4, -0.2) is 16.7 Å². The lowest BCUT2D eigenvalue weighted by Crippen LogP contribution is -2.08. The van der Waals surface area contributed by atoms with E-state index in [4.69, 9.17) is 11.6 Å². The predicted octanol–water partition coefficient (Wildman–Crippen LogP) is 4.61. The van der Waals surface area contributed by atoms with Crippen LogP contribution in [0.15, 0.2) is 48.6 Å². The van der Waals surface area contributed by atoms with E-state index < -0.39 is 23.3 Å². The first kappa shape index (κ1) is 17.2. The van der Waals surface area contributed by atoms with Crippen LogP contribution in [0.4, 0.5) is 13.9 Å². The van der Waals surface area contributed by atoms with Gasteiger partial charge in [-0.05, 0) is 42.5 Å². The fourth-order valence-corrected chi connectivity index (χ4v) is 3.14. The molecule has 1 aromatic heterocycles. The number of thiazole rings is 1. The van der Waals surface area contributed by atoms with Crippen LogP contribution in [-0.2, 0) is 4.79 Å². The Morgan fingerprint density at radius 2 is 1.88 bits per heavy atom. The highest BCUT2D eigenvalue weighted by molar-refractivity contribution is 7.22. The zero-order chi connectivity index (χ0) is 18.0. The number of hydrogen-bond acceptors (Lipinski definition) is 4. The van der Waals surface area contributed by atoms with Gasteiger partial charge in [0.1, 0.15) is 0 Å². The summed E-state index contributed by atoms with van der Waals surface area (Å²) in [4.78, 5) is 27.9. The lowest BCUT2D eigenvalue weighted by atomic mass is 10.1. The Kier molecular flexibility index (Phi) is 4.87. The molecule has 4 nitrogen and oxygen atoms in total. The molecule has 126 valence electrons. The van der Waals surface area contributed by atoms with E-state index in [1.54, 1.807) is 18.2 Å². The van der Waals surface area contributed by atoms with Crippen molar-refractivity contribution in [3.63, 3.8) is 0 Å². The van der Waals surface area contributed by atoms with E-state index in [0.29, 0.717) is 15.7 Å². The van der Waals surface area contributed by atoms with Crippen molar-refractivity contribution in [1.82, 2.24) is 4.98 Å². The molecule has 0 aliphatic heterocycles. The topological polar surface area (TPSA) is 59.1 Å². The van der Waals surface area contributed by atoms with Crippen LogP contribution in [0.1, 0.15) is 10.4 Å². The molecule has 1 amide bonds. The Morgan fingerprint density at radius 1 is 1.08 bits per heavy atom. The van der Waals surface area contributed by atoms with Gasteiger partial charge >= 0.3 is 0 Å². The summed E-state index contributed by atoms with van der Waals surface area (Å²) in [5.74, 6) is -3.36. The number of hydrogen-bond donors (Lipinski definition) is 1.